The normalized spacial score (nSPS) is 13.4. The van der Waals surface area contributed by atoms with Crippen molar-refractivity contribution in [2.24, 2.45) is 7.05 Å². The minimum Gasteiger partial charge on any atom is -0.393 e. The van der Waals surface area contributed by atoms with Crippen LogP contribution in [0.3, 0.4) is 0 Å². The molecule has 1 unspecified atom stereocenters. The standard InChI is InChI=1S/C15H17F3N2O/c1-20-10-12(9-19-20)4-7-14(21)8-11-2-5-13(6-3-11)15(16,17)18/h2-3,5-6,9-10,14,21H,4,7-8H2,1H3. The Morgan fingerprint density at radius 2 is 1.86 bits per heavy atom. The average Bonchev–Trinajstić information content (AvgIpc) is 2.82. The molecule has 0 fully saturated rings. The summed E-state index contributed by atoms with van der Waals surface area (Å²) >= 11 is 0. The summed E-state index contributed by atoms with van der Waals surface area (Å²) in [6, 6.07) is 4.92. The summed E-state index contributed by atoms with van der Waals surface area (Å²) in [5.41, 5.74) is 1.06. The Bertz CT molecular complexity index is 575. The van der Waals surface area contributed by atoms with E-state index in [9.17, 15) is 18.3 Å². The Labute approximate surface area is 121 Å². The van der Waals surface area contributed by atoms with Gasteiger partial charge >= 0.3 is 6.18 Å². The lowest BCUT2D eigenvalue weighted by atomic mass is 10.0. The van der Waals surface area contributed by atoms with Gasteiger partial charge in [0.05, 0.1) is 17.9 Å². The van der Waals surface area contributed by atoms with Crippen LogP contribution in [-0.2, 0) is 26.1 Å². The van der Waals surface area contributed by atoms with Crippen LogP contribution in [-0.4, -0.2) is 21.0 Å². The fraction of sp³-hybridized carbons (Fsp3) is 0.400. The molecule has 2 aromatic rings. The number of halogens is 3. The maximum absolute atomic E-state index is 12.4. The Kier molecular flexibility index (Phi) is 4.67. The summed E-state index contributed by atoms with van der Waals surface area (Å²) in [7, 11) is 1.82. The molecule has 0 saturated heterocycles. The van der Waals surface area contributed by atoms with Crippen molar-refractivity contribution in [2.45, 2.75) is 31.5 Å². The molecule has 1 N–H and O–H groups in total. The van der Waals surface area contributed by atoms with Crippen LogP contribution in [0.5, 0.6) is 0 Å². The van der Waals surface area contributed by atoms with Gasteiger partial charge in [-0.3, -0.25) is 4.68 Å². The van der Waals surface area contributed by atoms with Gasteiger partial charge in [-0.1, -0.05) is 12.1 Å². The predicted molar refractivity (Wildman–Crippen MR) is 72.7 cm³/mol. The predicted octanol–water partition coefficient (Wildman–Crippen LogP) is 2.98. The molecule has 21 heavy (non-hydrogen) atoms. The van der Waals surface area contributed by atoms with Gasteiger partial charge < -0.3 is 5.11 Å². The van der Waals surface area contributed by atoms with Crippen LogP contribution in [0.15, 0.2) is 36.7 Å². The fourth-order valence-electron chi connectivity index (χ4n) is 2.14. The summed E-state index contributed by atoms with van der Waals surface area (Å²) in [4.78, 5) is 0. The van der Waals surface area contributed by atoms with E-state index in [4.69, 9.17) is 0 Å². The molecule has 0 aliphatic rings. The summed E-state index contributed by atoms with van der Waals surface area (Å²) in [6.07, 6.45) is 0.301. The van der Waals surface area contributed by atoms with E-state index in [1.54, 1.807) is 10.9 Å². The van der Waals surface area contributed by atoms with Crippen molar-refractivity contribution >= 4 is 0 Å². The maximum atomic E-state index is 12.4. The third-order valence-corrected chi connectivity index (χ3v) is 3.28. The SMILES string of the molecule is Cn1cc(CCC(O)Cc2ccc(C(F)(F)F)cc2)cn1. The highest BCUT2D eigenvalue weighted by atomic mass is 19.4. The number of nitrogens with zero attached hydrogens (tertiary/aromatic N) is 2. The first-order chi connectivity index (χ1) is 9.84. The highest BCUT2D eigenvalue weighted by molar-refractivity contribution is 5.25. The van der Waals surface area contributed by atoms with Gasteiger partial charge in [-0.25, -0.2) is 0 Å². The van der Waals surface area contributed by atoms with Gasteiger partial charge in [-0.2, -0.15) is 18.3 Å². The van der Waals surface area contributed by atoms with Crippen molar-refractivity contribution in [3.8, 4) is 0 Å². The Balaban J connectivity index is 1.86. The van der Waals surface area contributed by atoms with Crippen LogP contribution in [0.2, 0.25) is 0 Å². The minimum absolute atomic E-state index is 0.346. The van der Waals surface area contributed by atoms with Crippen LogP contribution in [0.1, 0.15) is 23.1 Å². The topological polar surface area (TPSA) is 38.0 Å². The highest BCUT2D eigenvalue weighted by Gasteiger charge is 2.29. The number of aliphatic hydroxyl groups excluding tert-OH is 1. The van der Waals surface area contributed by atoms with Crippen LogP contribution in [0.25, 0.3) is 0 Å². The lowest BCUT2D eigenvalue weighted by Gasteiger charge is -2.11. The summed E-state index contributed by atoms with van der Waals surface area (Å²) in [5, 5.41) is 14.0. The van der Waals surface area contributed by atoms with Gasteiger partial charge in [-0.15, -0.1) is 0 Å². The summed E-state index contributed by atoms with van der Waals surface area (Å²) < 4.78 is 39.0. The van der Waals surface area contributed by atoms with Crippen molar-refractivity contribution in [3.63, 3.8) is 0 Å². The minimum atomic E-state index is -4.32. The van der Waals surface area contributed by atoms with Gasteiger partial charge in [0, 0.05) is 13.2 Å². The second-order valence-electron chi connectivity index (χ2n) is 5.11. The number of aryl methyl sites for hydroxylation is 2. The lowest BCUT2D eigenvalue weighted by Crippen LogP contribution is -2.12. The Morgan fingerprint density at radius 1 is 1.19 bits per heavy atom. The van der Waals surface area contributed by atoms with Gasteiger partial charge in [-0.05, 0) is 42.5 Å². The van der Waals surface area contributed by atoms with Crippen LogP contribution < -0.4 is 0 Å². The third-order valence-electron chi connectivity index (χ3n) is 3.28. The van der Waals surface area contributed by atoms with Gasteiger partial charge in [0.15, 0.2) is 0 Å². The van der Waals surface area contributed by atoms with E-state index in [0.29, 0.717) is 24.8 Å². The van der Waals surface area contributed by atoms with Gasteiger partial charge in [0.2, 0.25) is 0 Å². The lowest BCUT2D eigenvalue weighted by molar-refractivity contribution is -0.137. The monoisotopic (exact) mass is 298 g/mol. The molecule has 0 spiro atoms. The number of hydrogen-bond donors (Lipinski definition) is 1. The van der Waals surface area contributed by atoms with E-state index in [1.165, 1.54) is 12.1 Å². The number of aliphatic hydroxyl groups is 1. The van der Waals surface area contributed by atoms with E-state index >= 15 is 0 Å². The second kappa shape index (κ2) is 6.30. The summed E-state index contributed by atoms with van der Waals surface area (Å²) in [5.74, 6) is 0. The number of alkyl halides is 3. The van der Waals surface area contributed by atoms with E-state index in [0.717, 1.165) is 17.7 Å². The van der Waals surface area contributed by atoms with Crippen molar-refractivity contribution in [1.82, 2.24) is 9.78 Å². The summed E-state index contributed by atoms with van der Waals surface area (Å²) in [6.45, 7) is 0. The molecule has 0 amide bonds. The molecule has 1 aromatic carbocycles. The largest absolute Gasteiger partial charge is 0.416 e. The van der Waals surface area contributed by atoms with Crippen molar-refractivity contribution < 1.29 is 18.3 Å². The number of aromatic nitrogens is 2. The number of rotatable bonds is 5. The molecular formula is C15H17F3N2O. The molecule has 1 heterocycles. The molecule has 0 saturated carbocycles. The molecule has 3 nitrogen and oxygen atoms in total. The first kappa shape index (κ1) is 15.6. The zero-order chi connectivity index (χ0) is 15.5. The van der Waals surface area contributed by atoms with E-state index in [1.807, 2.05) is 13.2 Å². The Morgan fingerprint density at radius 3 is 2.38 bits per heavy atom. The highest BCUT2D eigenvalue weighted by Crippen LogP contribution is 2.29. The molecule has 6 heteroatoms. The van der Waals surface area contributed by atoms with Crippen LogP contribution >= 0.6 is 0 Å². The van der Waals surface area contributed by atoms with Crippen molar-refractivity contribution in [3.05, 3.63) is 53.3 Å². The number of benzene rings is 1. The smallest absolute Gasteiger partial charge is 0.393 e. The zero-order valence-corrected chi connectivity index (χ0v) is 11.6. The van der Waals surface area contributed by atoms with E-state index in [2.05, 4.69) is 5.10 Å². The average molecular weight is 298 g/mol. The van der Waals surface area contributed by atoms with Crippen molar-refractivity contribution in [1.29, 1.82) is 0 Å². The third kappa shape index (κ3) is 4.60. The second-order valence-corrected chi connectivity index (χ2v) is 5.11. The van der Waals surface area contributed by atoms with E-state index in [-0.39, 0.29) is 0 Å². The first-order valence-corrected chi connectivity index (χ1v) is 6.66. The number of hydrogen-bond acceptors (Lipinski definition) is 2. The van der Waals surface area contributed by atoms with Crippen molar-refractivity contribution in [2.75, 3.05) is 0 Å². The molecular weight excluding hydrogens is 281 g/mol. The zero-order valence-electron chi connectivity index (χ0n) is 11.6. The molecule has 0 aliphatic carbocycles. The quantitative estimate of drug-likeness (QED) is 0.921. The molecule has 1 atom stereocenters. The molecule has 1 aromatic heterocycles. The van der Waals surface area contributed by atoms with Crippen LogP contribution in [0, 0.1) is 0 Å². The van der Waals surface area contributed by atoms with Gasteiger partial charge in [0.25, 0.3) is 0 Å². The maximum Gasteiger partial charge on any atom is 0.416 e. The van der Waals surface area contributed by atoms with Crippen LogP contribution in [0.4, 0.5) is 13.2 Å². The molecule has 0 bridgehead atoms. The van der Waals surface area contributed by atoms with Gasteiger partial charge in [0.1, 0.15) is 0 Å². The molecule has 0 aliphatic heterocycles. The Hall–Kier alpha value is -1.82. The molecule has 2 rings (SSSR count). The molecule has 0 radical (unpaired) electrons. The fourth-order valence-corrected chi connectivity index (χ4v) is 2.14. The first-order valence-electron chi connectivity index (χ1n) is 6.66. The molecule has 114 valence electrons. The van der Waals surface area contributed by atoms with E-state index < -0.39 is 17.8 Å².